The third kappa shape index (κ3) is 5.60. The van der Waals surface area contributed by atoms with Crippen LogP contribution in [0.5, 0.6) is 0 Å². The summed E-state index contributed by atoms with van der Waals surface area (Å²) in [6.07, 6.45) is 1.85. The monoisotopic (exact) mass is 513 g/mol. The van der Waals surface area contributed by atoms with E-state index in [1.807, 2.05) is 37.3 Å². The molecule has 4 rings (SSSR count). The van der Waals surface area contributed by atoms with Crippen LogP contribution in [-0.4, -0.2) is 76.1 Å². The number of ether oxygens (including phenoxy) is 2. The second kappa shape index (κ2) is 10.3. The van der Waals surface area contributed by atoms with Crippen LogP contribution in [0.25, 0.3) is 0 Å². The summed E-state index contributed by atoms with van der Waals surface area (Å²) < 4.78 is 11.2. The van der Waals surface area contributed by atoms with Gasteiger partial charge in [-0.15, -0.1) is 0 Å². The van der Waals surface area contributed by atoms with Gasteiger partial charge >= 0.3 is 12.1 Å². The SMILES string of the molecule is C[C@@H]1C[C@@H]([C@H](Cc2ccccc2)NC(=O)[C@H](C)N2CC[C@]3(CCCN3C(=O)OC(C)(C)C)C2=O)OC1=O. The molecule has 1 aromatic carbocycles. The van der Waals surface area contributed by atoms with Gasteiger partial charge in [-0.05, 0) is 65.4 Å². The molecule has 0 bridgehead atoms. The van der Waals surface area contributed by atoms with Crippen molar-refractivity contribution in [1.82, 2.24) is 15.1 Å². The predicted molar refractivity (Wildman–Crippen MR) is 136 cm³/mol. The zero-order valence-electron chi connectivity index (χ0n) is 22.5. The first-order chi connectivity index (χ1) is 17.4. The number of nitrogens with zero attached hydrogens (tertiary/aromatic N) is 2. The Morgan fingerprint density at radius 3 is 2.49 bits per heavy atom. The fourth-order valence-corrected chi connectivity index (χ4v) is 5.69. The van der Waals surface area contributed by atoms with E-state index in [1.54, 1.807) is 37.5 Å². The number of nitrogens with one attached hydrogen (secondary N) is 1. The van der Waals surface area contributed by atoms with E-state index in [0.29, 0.717) is 45.2 Å². The zero-order valence-corrected chi connectivity index (χ0v) is 22.5. The number of esters is 1. The first-order valence-electron chi connectivity index (χ1n) is 13.3. The topological polar surface area (TPSA) is 105 Å². The van der Waals surface area contributed by atoms with E-state index in [4.69, 9.17) is 9.47 Å². The maximum atomic E-state index is 13.7. The van der Waals surface area contributed by atoms with Gasteiger partial charge in [-0.25, -0.2) is 4.79 Å². The normalized spacial score (nSPS) is 27.4. The van der Waals surface area contributed by atoms with Gasteiger partial charge < -0.3 is 19.7 Å². The van der Waals surface area contributed by atoms with E-state index in [9.17, 15) is 19.2 Å². The van der Waals surface area contributed by atoms with Gasteiger partial charge in [0, 0.05) is 13.1 Å². The third-order valence-electron chi connectivity index (χ3n) is 7.71. The Balaban J connectivity index is 1.47. The second-order valence-electron chi connectivity index (χ2n) is 11.6. The molecule has 3 saturated heterocycles. The summed E-state index contributed by atoms with van der Waals surface area (Å²) in [6.45, 7) is 9.78. The predicted octanol–water partition coefficient (Wildman–Crippen LogP) is 3.06. The molecule has 0 unspecified atom stereocenters. The van der Waals surface area contributed by atoms with Gasteiger partial charge in [0.25, 0.3) is 0 Å². The van der Waals surface area contributed by atoms with E-state index in [-0.39, 0.29) is 23.7 Å². The highest BCUT2D eigenvalue weighted by Crippen LogP contribution is 2.40. The van der Waals surface area contributed by atoms with Gasteiger partial charge in [0.05, 0.1) is 12.0 Å². The van der Waals surface area contributed by atoms with E-state index in [0.717, 1.165) is 5.56 Å². The lowest BCUT2D eigenvalue weighted by atomic mass is 9.94. The highest BCUT2D eigenvalue weighted by atomic mass is 16.6. The molecule has 0 radical (unpaired) electrons. The summed E-state index contributed by atoms with van der Waals surface area (Å²) in [5.74, 6) is -0.993. The molecule has 1 aromatic rings. The van der Waals surface area contributed by atoms with E-state index >= 15 is 0 Å². The fraction of sp³-hybridized carbons (Fsp3) is 0.643. The molecule has 3 aliphatic heterocycles. The summed E-state index contributed by atoms with van der Waals surface area (Å²) in [5.41, 5.74) is -0.604. The number of hydrogen-bond acceptors (Lipinski definition) is 6. The van der Waals surface area contributed by atoms with E-state index in [2.05, 4.69) is 5.32 Å². The van der Waals surface area contributed by atoms with Crippen molar-refractivity contribution in [2.75, 3.05) is 13.1 Å². The van der Waals surface area contributed by atoms with Gasteiger partial charge in [-0.3, -0.25) is 19.3 Å². The van der Waals surface area contributed by atoms with Gasteiger partial charge in [-0.2, -0.15) is 0 Å². The lowest BCUT2D eigenvalue weighted by Crippen LogP contribution is -2.57. The van der Waals surface area contributed by atoms with Gasteiger partial charge in [-0.1, -0.05) is 37.3 Å². The maximum absolute atomic E-state index is 13.7. The van der Waals surface area contributed by atoms with E-state index in [1.165, 1.54) is 0 Å². The summed E-state index contributed by atoms with van der Waals surface area (Å²) in [4.78, 5) is 55.3. The van der Waals surface area contributed by atoms with Crippen molar-refractivity contribution in [2.24, 2.45) is 5.92 Å². The molecule has 202 valence electrons. The summed E-state index contributed by atoms with van der Waals surface area (Å²) in [7, 11) is 0. The van der Waals surface area contributed by atoms with Crippen LogP contribution in [0, 0.1) is 5.92 Å². The summed E-state index contributed by atoms with van der Waals surface area (Å²) in [6, 6.07) is 8.59. The van der Waals surface area contributed by atoms with Crippen molar-refractivity contribution in [3.63, 3.8) is 0 Å². The molecule has 3 amide bonds. The van der Waals surface area contributed by atoms with Crippen LogP contribution in [0.3, 0.4) is 0 Å². The van der Waals surface area contributed by atoms with Crippen LogP contribution in [0.15, 0.2) is 30.3 Å². The number of likely N-dealkylation sites (tertiary alicyclic amines) is 2. The molecule has 0 aliphatic carbocycles. The number of carbonyl (C=O) groups is 4. The number of carbonyl (C=O) groups excluding carboxylic acids is 4. The molecule has 3 heterocycles. The first-order valence-corrected chi connectivity index (χ1v) is 13.3. The molecule has 0 aromatic heterocycles. The van der Waals surface area contributed by atoms with Crippen LogP contribution in [0.4, 0.5) is 4.79 Å². The summed E-state index contributed by atoms with van der Waals surface area (Å²) >= 11 is 0. The quantitative estimate of drug-likeness (QED) is 0.586. The Bertz CT molecular complexity index is 1040. The van der Waals surface area contributed by atoms with Crippen molar-refractivity contribution in [1.29, 1.82) is 0 Å². The maximum Gasteiger partial charge on any atom is 0.411 e. The average Bonchev–Trinajstić information content (AvgIpc) is 3.51. The van der Waals surface area contributed by atoms with Gasteiger partial charge in [0.2, 0.25) is 11.8 Å². The standard InChI is InChI=1S/C28H39N3O6/c1-18-16-22(36-24(18)33)21(17-20-10-7-6-8-11-20)29-23(32)19(2)30-15-13-28(25(30)34)12-9-14-31(28)26(35)37-27(3,4)5/h6-8,10-11,18-19,21-22H,9,12-17H2,1-5H3,(H,29,32)/t18-,19+,21+,22+,28-/m1/s1. The third-order valence-corrected chi connectivity index (χ3v) is 7.71. The molecule has 9 nitrogen and oxygen atoms in total. The Hall–Kier alpha value is -3.10. The van der Waals surface area contributed by atoms with Gasteiger partial charge in [0.15, 0.2) is 0 Å². The minimum Gasteiger partial charge on any atom is -0.460 e. The largest absolute Gasteiger partial charge is 0.460 e. The molecule has 3 aliphatic rings. The molecule has 37 heavy (non-hydrogen) atoms. The van der Waals surface area contributed by atoms with Crippen LogP contribution in [0.1, 0.15) is 65.9 Å². The molecular formula is C28H39N3O6. The van der Waals surface area contributed by atoms with Crippen LogP contribution in [0.2, 0.25) is 0 Å². The van der Waals surface area contributed by atoms with Crippen molar-refractivity contribution in [2.45, 2.75) is 96.1 Å². The lowest BCUT2D eigenvalue weighted by Gasteiger charge is -2.35. The zero-order chi connectivity index (χ0) is 27.0. The highest BCUT2D eigenvalue weighted by Gasteiger charge is 2.57. The van der Waals surface area contributed by atoms with Crippen LogP contribution < -0.4 is 5.32 Å². The minimum absolute atomic E-state index is 0.209. The number of amides is 3. The average molecular weight is 514 g/mol. The highest BCUT2D eigenvalue weighted by molar-refractivity contribution is 5.96. The van der Waals surface area contributed by atoms with Crippen LogP contribution >= 0.6 is 0 Å². The fourth-order valence-electron chi connectivity index (χ4n) is 5.69. The molecule has 0 saturated carbocycles. The second-order valence-corrected chi connectivity index (χ2v) is 11.6. The molecule has 1 spiro atoms. The molecule has 9 heteroatoms. The van der Waals surface area contributed by atoms with Crippen molar-refractivity contribution >= 4 is 23.9 Å². The first kappa shape index (κ1) is 26.9. The molecular weight excluding hydrogens is 474 g/mol. The number of rotatable bonds is 6. The molecule has 1 N–H and O–H groups in total. The Morgan fingerprint density at radius 2 is 1.86 bits per heavy atom. The van der Waals surface area contributed by atoms with Crippen molar-refractivity contribution < 1.29 is 28.7 Å². The van der Waals surface area contributed by atoms with Crippen molar-refractivity contribution in [3.8, 4) is 0 Å². The number of cyclic esters (lactones) is 1. The van der Waals surface area contributed by atoms with Crippen molar-refractivity contribution in [3.05, 3.63) is 35.9 Å². The minimum atomic E-state index is -0.962. The number of benzene rings is 1. The Morgan fingerprint density at radius 1 is 1.16 bits per heavy atom. The Kier molecular flexibility index (Phi) is 7.53. The summed E-state index contributed by atoms with van der Waals surface area (Å²) in [5, 5.41) is 3.07. The number of hydrogen-bond donors (Lipinski definition) is 1. The molecule has 5 atom stereocenters. The van der Waals surface area contributed by atoms with Crippen LogP contribution in [-0.2, 0) is 30.3 Å². The molecule has 3 fully saturated rings. The van der Waals surface area contributed by atoms with Gasteiger partial charge in [0.1, 0.15) is 23.3 Å². The lowest BCUT2D eigenvalue weighted by molar-refractivity contribution is -0.146. The Labute approximate surface area is 218 Å². The smallest absolute Gasteiger partial charge is 0.411 e. The van der Waals surface area contributed by atoms with E-state index < -0.39 is 35.4 Å².